The third kappa shape index (κ3) is 0.969. The Labute approximate surface area is 63.2 Å². The van der Waals surface area contributed by atoms with Crippen LogP contribution in [0.1, 0.15) is 0 Å². The van der Waals surface area contributed by atoms with E-state index in [2.05, 4.69) is 0 Å². The maximum atomic E-state index is 9.22. The minimum Gasteiger partial charge on any atom is -0.387 e. The van der Waals surface area contributed by atoms with Gasteiger partial charge in [-0.2, -0.15) is 0 Å². The third-order valence-corrected chi connectivity index (χ3v) is 2.09. The SMILES string of the molecule is OC1C(O)[C@@H]2OC[C@@H](O2)C1O. The Balaban J connectivity index is 2.16. The fourth-order valence-corrected chi connectivity index (χ4v) is 1.38. The molecule has 5 nitrogen and oxygen atoms in total. The first kappa shape index (κ1) is 7.45. The van der Waals surface area contributed by atoms with Crippen molar-refractivity contribution in [1.82, 2.24) is 0 Å². The van der Waals surface area contributed by atoms with Gasteiger partial charge in [0.2, 0.25) is 0 Å². The Morgan fingerprint density at radius 3 is 2.45 bits per heavy atom. The lowest BCUT2D eigenvalue weighted by molar-refractivity contribution is -0.228. The molecule has 0 aromatic carbocycles. The first-order chi connectivity index (χ1) is 5.20. The summed E-state index contributed by atoms with van der Waals surface area (Å²) in [4.78, 5) is 0. The maximum Gasteiger partial charge on any atom is 0.186 e. The fourth-order valence-electron chi connectivity index (χ4n) is 1.38. The highest BCUT2D eigenvalue weighted by atomic mass is 16.7. The maximum absolute atomic E-state index is 9.22. The summed E-state index contributed by atoms with van der Waals surface area (Å²) < 4.78 is 9.95. The summed E-state index contributed by atoms with van der Waals surface area (Å²) in [6, 6.07) is 0. The lowest BCUT2D eigenvalue weighted by Crippen LogP contribution is -2.53. The predicted octanol–water partition coefficient (Wildman–Crippen LogP) is -2.18. The van der Waals surface area contributed by atoms with E-state index in [0.29, 0.717) is 0 Å². The zero-order valence-electron chi connectivity index (χ0n) is 5.75. The molecule has 0 aromatic heterocycles. The van der Waals surface area contributed by atoms with Crippen molar-refractivity contribution >= 4 is 0 Å². The minimum atomic E-state index is -1.15. The molecule has 3 N–H and O–H groups in total. The van der Waals surface area contributed by atoms with E-state index >= 15 is 0 Å². The van der Waals surface area contributed by atoms with Gasteiger partial charge in [0.1, 0.15) is 24.4 Å². The van der Waals surface area contributed by atoms with E-state index < -0.39 is 30.7 Å². The van der Waals surface area contributed by atoms with Crippen molar-refractivity contribution in [3.8, 4) is 0 Å². The smallest absolute Gasteiger partial charge is 0.186 e. The van der Waals surface area contributed by atoms with Crippen LogP contribution in [-0.4, -0.2) is 52.6 Å². The molecule has 11 heavy (non-hydrogen) atoms. The standard InChI is InChI=1S/C6H10O5/c7-3-2-1-10-6(11-2)5(9)4(3)8/h2-9H,1H2/t2-,3?,4?,5?,6-/m1/s1. The fraction of sp³-hybridized carbons (Fsp3) is 1.00. The van der Waals surface area contributed by atoms with Crippen molar-refractivity contribution < 1.29 is 24.8 Å². The number of hydrogen-bond acceptors (Lipinski definition) is 5. The summed E-state index contributed by atoms with van der Waals surface area (Å²) in [6.45, 7) is 0.236. The highest BCUT2D eigenvalue weighted by Crippen LogP contribution is 2.27. The van der Waals surface area contributed by atoms with Crippen molar-refractivity contribution in [2.75, 3.05) is 6.61 Å². The Morgan fingerprint density at radius 2 is 1.73 bits per heavy atom. The summed E-state index contributed by atoms with van der Waals surface area (Å²) in [5.41, 5.74) is 0. The molecule has 2 rings (SSSR count). The number of rotatable bonds is 0. The van der Waals surface area contributed by atoms with Crippen LogP contribution in [0.4, 0.5) is 0 Å². The lowest BCUT2D eigenvalue weighted by Gasteiger charge is -2.32. The molecule has 2 bridgehead atoms. The van der Waals surface area contributed by atoms with Crippen LogP contribution in [0.15, 0.2) is 0 Å². The highest BCUT2D eigenvalue weighted by Gasteiger charge is 2.48. The van der Waals surface area contributed by atoms with E-state index in [1.165, 1.54) is 0 Å². The van der Waals surface area contributed by atoms with Gasteiger partial charge >= 0.3 is 0 Å². The van der Waals surface area contributed by atoms with Gasteiger partial charge in [-0.05, 0) is 0 Å². The molecule has 3 unspecified atom stereocenters. The zero-order valence-corrected chi connectivity index (χ0v) is 5.75. The van der Waals surface area contributed by atoms with Gasteiger partial charge in [0.05, 0.1) is 6.61 Å². The molecule has 2 aliphatic rings. The van der Waals surface area contributed by atoms with Gasteiger partial charge in [0.25, 0.3) is 0 Å². The molecule has 2 saturated heterocycles. The van der Waals surface area contributed by atoms with Crippen molar-refractivity contribution in [2.45, 2.75) is 30.7 Å². The summed E-state index contributed by atoms with van der Waals surface area (Å²) in [5.74, 6) is 0. The van der Waals surface area contributed by atoms with Crippen molar-refractivity contribution in [2.24, 2.45) is 0 Å². The molecular formula is C6H10O5. The average Bonchev–Trinajstić information content (AvgIpc) is 2.44. The molecule has 0 aliphatic carbocycles. The van der Waals surface area contributed by atoms with Gasteiger partial charge in [-0.15, -0.1) is 0 Å². The monoisotopic (exact) mass is 162 g/mol. The number of aliphatic hydroxyl groups is 3. The number of fused-ring (bicyclic) bond motifs is 2. The van der Waals surface area contributed by atoms with Gasteiger partial charge < -0.3 is 24.8 Å². The Hall–Kier alpha value is -0.200. The number of ether oxygens (including phenoxy) is 2. The summed E-state index contributed by atoms with van der Waals surface area (Å²) in [5, 5.41) is 27.6. The number of hydrogen-bond donors (Lipinski definition) is 3. The quantitative estimate of drug-likeness (QED) is 0.377. The van der Waals surface area contributed by atoms with Gasteiger partial charge in [-0.3, -0.25) is 0 Å². The first-order valence-electron chi connectivity index (χ1n) is 3.51. The zero-order chi connectivity index (χ0) is 8.01. The Bertz CT molecular complexity index is 141. The highest BCUT2D eigenvalue weighted by molar-refractivity contribution is 4.92. The van der Waals surface area contributed by atoms with E-state index in [-0.39, 0.29) is 6.61 Å². The second kappa shape index (κ2) is 2.40. The minimum absolute atomic E-state index is 0.236. The molecule has 0 radical (unpaired) electrons. The third-order valence-electron chi connectivity index (χ3n) is 2.09. The van der Waals surface area contributed by atoms with Crippen molar-refractivity contribution in [3.05, 3.63) is 0 Å². The molecule has 0 aromatic rings. The van der Waals surface area contributed by atoms with Crippen LogP contribution in [0, 0.1) is 0 Å². The van der Waals surface area contributed by atoms with E-state index in [9.17, 15) is 10.2 Å². The largest absolute Gasteiger partial charge is 0.387 e. The van der Waals surface area contributed by atoms with Crippen LogP contribution < -0.4 is 0 Å². The topological polar surface area (TPSA) is 79.2 Å². The lowest BCUT2D eigenvalue weighted by atomic mass is 10.0. The van der Waals surface area contributed by atoms with Gasteiger partial charge in [-0.25, -0.2) is 0 Å². The molecule has 64 valence electrons. The van der Waals surface area contributed by atoms with Crippen LogP contribution in [0.25, 0.3) is 0 Å². The molecule has 2 aliphatic heterocycles. The van der Waals surface area contributed by atoms with Crippen LogP contribution in [0.3, 0.4) is 0 Å². The molecule has 0 spiro atoms. The van der Waals surface area contributed by atoms with Gasteiger partial charge in [0, 0.05) is 0 Å². The molecule has 2 heterocycles. The summed E-state index contributed by atoms with van der Waals surface area (Å²) >= 11 is 0. The average molecular weight is 162 g/mol. The molecule has 0 amide bonds. The Morgan fingerprint density at radius 1 is 1.00 bits per heavy atom. The molecular weight excluding hydrogens is 152 g/mol. The van der Waals surface area contributed by atoms with Crippen LogP contribution in [0.2, 0.25) is 0 Å². The summed E-state index contributed by atoms with van der Waals surface area (Å²) in [6.07, 6.45) is -4.58. The molecule has 0 saturated carbocycles. The van der Waals surface area contributed by atoms with Crippen LogP contribution >= 0.6 is 0 Å². The van der Waals surface area contributed by atoms with Gasteiger partial charge in [0.15, 0.2) is 6.29 Å². The van der Waals surface area contributed by atoms with Crippen LogP contribution in [0.5, 0.6) is 0 Å². The van der Waals surface area contributed by atoms with Gasteiger partial charge in [-0.1, -0.05) is 0 Å². The summed E-state index contributed by atoms with van der Waals surface area (Å²) in [7, 11) is 0. The van der Waals surface area contributed by atoms with E-state index in [1.807, 2.05) is 0 Å². The van der Waals surface area contributed by atoms with Crippen molar-refractivity contribution in [1.29, 1.82) is 0 Å². The Kier molecular flexibility index (Phi) is 1.62. The molecule has 5 heteroatoms. The van der Waals surface area contributed by atoms with Crippen LogP contribution in [-0.2, 0) is 9.47 Å². The van der Waals surface area contributed by atoms with E-state index in [4.69, 9.17) is 14.6 Å². The van der Waals surface area contributed by atoms with Crippen molar-refractivity contribution in [3.63, 3.8) is 0 Å². The molecule has 2 fully saturated rings. The molecule has 5 atom stereocenters. The number of aliphatic hydroxyl groups excluding tert-OH is 3. The normalized spacial score (nSPS) is 56.5. The predicted molar refractivity (Wildman–Crippen MR) is 32.6 cm³/mol. The second-order valence-electron chi connectivity index (χ2n) is 2.85. The van der Waals surface area contributed by atoms with E-state index in [1.54, 1.807) is 0 Å². The van der Waals surface area contributed by atoms with E-state index in [0.717, 1.165) is 0 Å². The second-order valence-corrected chi connectivity index (χ2v) is 2.85. The first-order valence-corrected chi connectivity index (χ1v) is 3.51.